The molecular formula is C78H151NO5. The number of aliphatic hydroxyl groups excluding tert-OH is 2. The molecule has 0 aromatic rings. The zero-order valence-electron chi connectivity index (χ0n) is 57.2. The van der Waals surface area contributed by atoms with Crippen molar-refractivity contribution in [3.8, 4) is 0 Å². The van der Waals surface area contributed by atoms with Crippen LogP contribution in [0, 0.1) is 0 Å². The Morgan fingerprint density at radius 1 is 0.333 bits per heavy atom. The number of ether oxygens (including phenoxy) is 1. The van der Waals surface area contributed by atoms with Crippen LogP contribution in [-0.2, 0) is 14.3 Å². The maximum atomic E-state index is 12.5. The van der Waals surface area contributed by atoms with E-state index in [1.54, 1.807) is 0 Å². The standard InChI is InChI=1S/C78H151NO5/c1-3-5-7-9-11-13-15-16-17-41-45-48-52-56-60-64-68-72-78(83)84-73-69-65-61-57-53-49-46-43-40-38-36-34-32-30-28-26-24-22-20-18-19-21-23-25-27-29-31-33-35-37-39-42-44-47-51-55-59-63-67-71-77(82)79-75(74-80)76(81)70-66-62-58-54-50-14-12-10-8-6-4-2/h18-19,22,24,75-76,80-81H,3-17,20-21,23,25-74H2,1-2H3,(H,79,82)/b19-18-,24-22-. The van der Waals surface area contributed by atoms with Gasteiger partial charge in [0.15, 0.2) is 0 Å². The van der Waals surface area contributed by atoms with Crippen molar-refractivity contribution in [2.45, 2.75) is 450 Å². The topological polar surface area (TPSA) is 95.9 Å². The minimum absolute atomic E-state index is 0.0251. The van der Waals surface area contributed by atoms with Crippen LogP contribution in [-0.4, -0.2) is 47.4 Å². The quantitative estimate of drug-likeness (QED) is 0.0320. The van der Waals surface area contributed by atoms with E-state index in [1.165, 1.54) is 360 Å². The van der Waals surface area contributed by atoms with Gasteiger partial charge in [0.1, 0.15) is 0 Å². The zero-order chi connectivity index (χ0) is 60.6. The van der Waals surface area contributed by atoms with Crippen molar-refractivity contribution in [3.05, 3.63) is 24.3 Å². The van der Waals surface area contributed by atoms with E-state index >= 15 is 0 Å². The molecule has 0 rings (SSSR count). The van der Waals surface area contributed by atoms with Gasteiger partial charge in [0.25, 0.3) is 0 Å². The van der Waals surface area contributed by atoms with E-state index in [0.29, 0.717) is 25.9 Å². The van der Waals surface area contributed by atoms with Gasteiger partial charge in [0, 0.05) is 12.8 Å². The summed E-state index contributed by atoms with van der Waals surface area (Å²) >= 11 is 0. The molecule has 498 valence electrons. The molecule has 0 saturated carbocycles. The predicted molar refractivity (Wildman–Crippen MR) is 370 cm³/mol. The molecule has 84 heavy (non-hydrogen) atoms. The van der Waals surface area contributed by atoms with Crippen molar-refractivity contribution in [1.29, 1.82) is 0 Å². The number of hydrogen-bond donors (Lipinski definition) is 3. The number of hydrogen-bond acceptors (Lipinski definition) is 5. The van der Waals surface area contributed by atoms with Gasteiger partial charge in [-0.3, -0.25) is 9.59 Å². The number of nitrogens with one attached hydrogen (secondary N) is 1. The van der Waals surface area contributed by atoms with Crippen molar-refractivity contribution < 1.29 is 24.5 Å². The lowest BCUT2D eigenvalue weighted by Gasteiger charge is -2.22. The molecule has 0 aliphatic carbocycles. The summed E-state index contributed by atoms with van der Waals surface area (Å²) in [5, 5.41) is 23.2. The molecular weight excluding hydrogens is 1030 g/mol. The number of esters is 1. The summed E-state index contributed by atoms with van der Waals surface area (Å²) in [4.78, 5) is 24.6. The fourth-order valence-corrected chi connectivity index (χ4v) is 12.4. The maximum absolute atomic E-state index is 12.5. The Morgan fingerprint density at radius 3 is 0.905 bits per heavy atom. The van der Waals surface area contributed by atoms with Gasteiger partial charge in [0.2, 0.25) is 5.91 Å². The molecule has 0 saturated heterocycles. The van der Waals surface area contributed by atoms with E-state index in [4.69, 9.17) is 4.74 Å². The summed E-state index contributed by atoms with van der Waals surface area (Å²) in [6.45, 7) is 4.99. The minimum atomic E-state index is -0.660. The van der Waals surface area contributed by atoms with E-state index in [-0.39, 0.29) is 18.5 Å². The third kappa shape index (κ3) is 69.4. The fraction of sp³-hybridized carbons (Fsp3) is 0.923. The first-order chi connectivity index (χ1) is 41.5. The fourth-order valence-electron chi connectivity index (χ4n) is 12.4. The second kappa shape index (κ2) is 73.8. The molecule has 0 fully saturated rings. The molecule has 0 aromatic heterocycles. The molecule has 0 aliphatic heterocycles. The van der Waals surface area contributed by atoms with E-state index in [1.807, 2.05) is 0 Å². The number of unbranched alkanes of at least 4 members (excludes halogenated alkanes) is 58. The molecule has 0 heterocycles. The van der Waals surface area contributed by atoms with E-state index < -0.39 is 12.1 Å². The second-order valence-electron chi connectivity index (χ2n) is 26.7. The van der Waals surface area contributed by atoms with E-state index in [2.05, 4.69) is 43.5 Å². The second-order valence-corrected chi connectivity index (χ2v) is 26.7. The Bertz CT molecular complexity index is 1320. The molecule has 0 bridgehead atoms. The Morgan fingerprint density at radius 2 is 0.595 bits per heavy atom. The third-order valence-electron chi connectivity index (χ3n) is 18.3. The number of carbonyl (C=O) groups excluding carboxylic acids is 2. The summed E-state index contributed by atoms with van der Waals surface area (Å²) in [6.07, 6.45) is 94.2. The number of amides is 1. The summed E-state index contributed by atoms with van der Waals surface area (Å²) in [5.41, 5.74) is 0. The molecule has 0 aromatic carbocycles. The SMILES string of the molecule is CCCCCCCCCCCCCCCCCCCC(=O)OCCCCCCCCCCCCCCCCC/C=C\C/C=C\CCCCCCCCCCCCCCCCCCCC(=O)NC(CO)C(O)CCCCCCCCCCCCC. The van der Waals surface area contributed by atoms with Gasteiger partial charge in [-0.1, -0.05) is 391 Å². The number of carbonyl (C=O) groups is 2. The number of aliphatic hydroxyl groups is 2. The van der Waals surface area contributed by atoms with Crippen LogP contribution < -0.4 is 5.32 Å². The van der Waals surface area contributed by atoms with Crippen molar-refractivity contribution in [2.24, 2.45) is 0 Å². The van der Waals surface area contributed by atoms with Crippen LogP contribution in [0.4, 0.5) is 0 Å². The van der Waals surface area contributed by atoms with Crippen molar-refractivity contribution >= 4 is 11.9 Å². The normalized spacial score (nSPS) is 12.6. The van der Waals surface area contributed by atoms with Crippen LogP contribution in [0.5, 0.6) is 0 Å². The lowest BCUT2D eigenvalue weighted by molar-refractivity contribution is -0.143. The van der Waals surface area contributed by atoms with Gasteiger partial charge < -0.3 is 20.3 Å². The van der Waals surface area contributed by atoms with Gasteiger partial charge in [-0.15, -0.1) is 0 Å². The lowest BCUT2D eigenvalue weighted by atomic mass is 10.0. The summed E-state index contributed by atoms with van der Waals surface area (Å²) in [6, 6.07) is -0.537. The molecule has 0 aliphatic rings. The molecule has 3 N–H and O–H groups in total. The highest BCUT2D eigenvalue weighted by atomic mass is 16.5. The number of rotatable bonds is 73. The van der Waals surface area contributed by atoms with E-state index in [0.717, 1.165) is 44.9 Å². The van der Waals surface area contributed by atoms with E-state index in [9.17, 15) is 19.8 Å². The van der Waals surface area contributed by atoms with Crippen LogP contribution in [0.2, 0.25) is 0 Å². The maximum Gasteiger partial charge on any atom is 0.305 e. The first kappa shape index (κ1) is 82.3. The molecule has 0 spiro atoms. The van der Waals surface area contributed by atoms with Crippen molar-refractivity contribution in [2.75, 3.05) is 13.2 Å². The summed E-state index contributed by atoms with van der Waals surface area (Å²) in [7, 11) is 0. The predicted octanol–water partition coefficient (Wildman–Crippen LogP) is 25.3. The Labute approximate surface area is 526 Å². The van der Waals surface area contributed by atoms with Gasteiger partial charge >= 0.3 is 5.97 Å². The molecule has 2 unspecified atom stereocenters. The monoisotopic (exact) mass is 1180 g/mol. The highest BCUT2D eigenvalue weighted by Gasteiger charge is 2.20. The van der Waals surface area contributed by atoms with Crippen LogP contribution in [0.25, 0.3) is 0 Å². The molecule has 6 nitrogen and oxygen atoms in total. The first-order valence-corrected chi connectivity index (χ1v) is 38.6. The average molecular weight is 1180 g/mol. The molecule has 6 heteroatoms. The van der Waals surface area contributed by atoms with Crippen molar-refractivity contribution in [3.63, 3.8) is 0 Å². The Balaban J connectivity index is 3.32. The van der Waals surface area contributed by atoms with Crippen LogP contribution >= 0.6 is 0 Å². The third-order valence-corrected chi connectivity index (χ3v) is 18.3. The molecule has 1 amide bonds. The van der Waals surface area contributed by atoms with Gasteiger partial charge in [-0.25, -0.2) is 0 Å². The van der Waals surface area contributed by atoms with Crippen LogP contribution in [0.15, 0.2) is 24.3 Å². The average Bonchev–Trinajstić information content (AvgIpc) is 3.53. The van der Waals surface area contributed by atoms with Gasteiger partial charge in [0.05, 0.1) is 25.4 Å². The van der Waals surface area contributed by atoms with Crippen LogP contribution in [0.3, 0.4) is 0 Å². The van der Waals surface area contributed by atoms with Gasteiger partial charge in [-0.05, 0) is 57.8 Å². The molecule has 0 radical (unpaired) electrons. The smallest absolute Gasteiger partial charge is 0.305 e. The van der Waals surface area contributed by atoms with Crippen LogP contribution in [0.1, 0.15) is 438 Å². The molecule has 2 atom stereocenters. The van der Waals surface area contributed by atoms with Crippen molar-refractivity contribution in [1.82, 2.24) is 5.32 Å². The Hall–Kier alpha value is -1.66. The largest absolute Gasteiger partial charge is 0.466 e. The lowest BCUT2D eigenvalue weighted by Crippen LogP contribution is -2.45. The first-order valence-electron chi connectivity index (χ1n) is 38.6. The zero-order valence-corrected chi connectivity index (χ0v) is 57.2. The number of allylic oxidation sites excluding steroid dienone is 4. The summed E-state index contributed by atoms with van der Waals surface area (Å²) in [5.74, 6) is -0.00555. The highest BCUT2D eigenvalue weighted by Crippen LogP contribution is 2.20. The summed E-state index contributed by atoms with van der Waals surface area (Å²) < 4.78 is 5.51. The highest BCUT2D eigenvalue weighted by molar-refractivity contribution is 5.76. The van der Waals surface area contributed by atoms with Gasteiger partial charge in [-0.2, -0.15) is 0 Å². The minimum Gasteiger partial charge on any atom is -0.466 e. The Kier molecular flexibility index (Phi) is 72.3.